The number of anilines is 1. The molecule has 3 heteroatoms. The first-order valence-corrected chi connectivity index (χ1v) is 6.02. The number of hydrogen-bond donors (Lipinski definition) is 1. The van der Waals surface area contributed by atoms with Crippen LogP contribution in [0, 0.1) is 6.92 Å². The van der Waals surface area contributed by atoms with E-state index in [4.69, 9.17) is 17.3 Å². The molecular weight excluding hydrogens is 232 g/mol. The van der Waals surface area contributed by atoms with Gasteiger partial charge in [0.15, 0.2) is 0 Å². The number of benzene rings is 1. The van der Waals surface area contributed by atoms with Gasteiger partial charge in [-0.25, -0.2) is 0 Å². The Kier molecular flexibility index (Phi) is 4.98. The maximum Gasteiger partial charge on any atom is 0.0507 e. The molecule has 90 valence electrons. The molecule has 0 spiro atoms. The lowest BCUT2D eigenvalue weighted by molar-refractivity contribution is 1.21. The molecule has 0 amide bonds. The Morgan fingerprint density at radius 1 is 1.18 bits per heavy atom. The number of hydrogen-bond acceptors (Lipinski definition) is 2. The lowest BCUT2D eigenvalue weighted by Gasteiger charge is -2.06. The van der Waals surface area contributed by atoms with Gasteiger partial charge >= 0.3 is 0 Å². The van der Waals surface area contributed by atoms with Crippen LogP contribution in [-0.4, -0.2) is 4.98 Å². The van der Waals surface area contributed by atoms with Crippen molar-refractivity contribution in [1.29, 1.82) is 0 Å². The summed E-state index contributed by atoms with van der Waals surface area (Å²) in [7, 11) is 0. The second-order valence-electron chi connectivity index (χ2n) is 3.41. The molecule has 0 radical (unpaired) electrons. The predicted molar refractivity (Wildman–Crippen MR) is 75.2 cm³/mol. The fraction of sp³-hybridized carbons (Fsp3) is 0.214. The smallest absolute Gasteiger partial charge is 0.0507 e. The summed E-state index contributed by atoms with van der Waals surface area (Å²) in [4.78, 5) is 4.22. The van der Waals surface area contributed by atoms with Crippen molar-refractivity contribution in [2.45, 2.75) is 20.8 Å². The van der Waals surface area contributed by atoms with Gasteiger partial charge in [-0.3, -0.25) is 4.98 Å². The molecule has 2 rings (SSSR count). The molecule has 0 aliphatic carbocycles. The van der Waals surface area contributed by atoms with Gasteiger partial charge in [0.05, 0.1) is 11.9 Å². The van der Waals surface area contributed by atoms with Crippen LogP contribution in [0.25, 0.3) is 11.1 Å². The fourth-order valence-corrected chi connectivity index (χ4v) is 1.69. The van der Waals surface area contributed by atoms with Gasteiger partial charge in [-0.1, -0.05) is 37.6 Å². The van der Waals surface area contributed by atoms with Crippen LogP contribution in [-0.2, 0) is 0 Å². The molecule has 0 atom stereocenters. The zero-order valence-corrected chi connectivity index (χ0v) is 11.1. The molecule has 0 unspecified atom stereocenters. The van der Waals surface area contributed by atoms with Crippen molar-refractivity contribution in [2.24, 2.45) is 0 Å². The van der Waals surface area contributed by atoms with E-state index in [2.05, 4.69) is 4.98 Å². The molecule has 0 fully saturated rings. The third-order valence-corrected chi connectivity index (χ3v) is 2.48. The predicted octanol–water partition coefficient (Wildman–Crippen LogP) is 4.32. The molecule has 0 saturated carbocycles. The lowest BCUT2D eigenvalue weighted by atomic mass is 10.0. The number of halogens is 1. The molecule has 1 aromatic carbocycles. The first-order chi connectivity index (χ1) is 8.16. The SMILES string of the molecule is CC.Cc1ncc(N)cc1-c1cccc(Cl)c1. The van der Waals surface area contributed by atoms with Crippen molar-refractivity contribution in [3.05, 3.63) is 47.2 Å². The van der Waals surface area contributed by atoms with E-state index in [9.17, 15) is 0 Å². The summed E-state index contributed by atoms with van der Waals surface area (Å²) in [5.74, 6) is 0. The van der Waals surface area contributed by atoms with Gasteiger partial charge in [-0.05, 0) is 30.7 Å². The van der Waals surface area contributed by atoms with E-state index < -0.39 is 0 Å². The van der Waals surface area contributed by atoms with Gasteiger partial charge in [0, 0.05) is 16.3 Å². The summed E-state index contributed by atoms with van der Waals surface area (Å²) >= 11 is 5.94. The van der Waals surface area contributed by atoms with Crippen LogP contribution < -0.4 is 5.73 Å². The highest BCUT2D eigenvalue weighted by atomic mass is 35.5. The average molecular weight is 249 g/mol. The van der Waals surface area contributed by atoms with Crippen LogP contribution in [0.5, 0.6) is 0 Å². The zero-order valence-electron chi connectivity index (χ0n) is 10.4. The number of aryl methyl sites for hydroxylation is 1. The number of nitrogens with zero attached hydrogens (tertiary/aromatic N) is 1. The largest absolute Gasteiger partial charge is 0.397 e. The number of pyridine rings is 1. The maximum atomic E-state index is 5.94. The Morgan fingerprint density at radius 2 is 1.88 bits per heavy atom. The standard InChI is InChI=1S/C12H11ClN2.C2H6/c1-8-12(6-11(14)7-15-8)9-3-2-4-10(13)5-9;1-2/h2-7H,14H2,1H3;1-2H3. The van der Waals surface area contributed by atoms with Gasteiger partial charge in [0.1, 0.15) is 0 Å². The molecule has 2 N–H and O–H groups in total. The fourth-order valence-electron chi connectivity index (χ4n) is 1.50. The molecule has 0 aliphatic heterocycles. The highest BCUT2D eigenvalue weighted by Crippen LogP contribution is 2.26. The van der Waals surface area contributed by atoms with Crippen molar-refractivity contribution >= 4 is 17.3 Å². The second-order valence-corrected chi connectivity index (χ2v) is 3.85. The lowest BCUT2D eigenvalue weighted by Crippen LogP contribution is -1.92. The van der Waals surface area contributed by atoms with Crippen LogP contribution in [0.3, 0.4) is 0 Å². The zero-order chi connectivity index (χ0) is 12.8. The molecule has 1 aromatic heterocycles. The van der Waals surface area contributed by atoms with Gasteiger partial charge in [0.25, 0.3) is 0 Å². The normalized spacial score (nSPS) is 9.41. The first-order valence-electron chi connectivity index (χ1n) is 5.65. The molecule has 1 heterocycles. The molecule has 0 bridgehead atoms. The van der Waals surface area contributed by atoms with Gasteiger partial charge in [-0.15, -0.1) is 0 Å². The minimum absolute atomic E-state index is 0.663. The number of nitrogens with two attached hydrogens (primary N) is 1. The third-order valence-electron chi connectivity index (χ3n) is 2.24. The highest BCUT2D eigenvalue weighted by molar-refractivity contribution is 6.30. The maximum absolute atomic E-state index is 5.94. The Bertz CT molecular complexity index is 495. The van der Waals surface area contributed by atoms with Crippen molar-refractivity contribution in [2.75, 3.05) is 5.73 Å². The Morgan fingerprint density at radius 3 is 2.53 bits per heavy atom. The van der Waals surface area contributed by atoms with Crippen LogP contribution in [0.2, 0.25) is 5.02 Å². The molecule has 0 saturated heterocycles. The summed E-state index contributed by atoms with van der Waals surface area (Å²) in [6.45, 7) is 5.95. The van der Waals surface area contributed by atoms with E-state index in [1.165, 1.54) is 0 Å². The minimum Gasteiger partial charge on any atom is -0.397 e. The molecular formula is C14H17ClN2. The van der Waals surface area contributed by atoms with E-state index in [0.717, 1.165) is 16.8 Å². The minimum atomic E-state index is 0.663. The molecule has 0 aliphatic rings. The number of aromatic nitrogens is 1. The number of nitrogen functional groups attached to an aromatic ring is 1. The average Bonchev–Trinajstić information content (AvgIpc) is 2.35. The quantitative estimate of drug-likeness (QED) is 0.816. The van der Waals surface area contributed by atoms with Crippen LogP contribution in [0.4, 0.5) is 5.69 Å². The van der Waals surface area contributed by atoms with Crippen LogP contribution in [0.15, 0.2) is 36.5 Å². The highest BCUT2D eigenvalue weighted by Gasteiger charge is 2.03. The second kappa shape index (κ2) is 6.26. The van der Waals surface area contributed by atoms with Gasteiger partial charge in [0.2, 0.25) is 0 Å². The summed E-state index contributed by atoms with van der Waals surface area (Å²) in [5, 5.41) is 0.717. The third kappa shape index (κ3) is 3.46. The van der Waals surface area contributed by atoms with E-state index >= 15 is 0 Å². The van der Waals surface area contributed by atoms with Crippen molar-refractivity contribution in [3.8, 4) is 11.1 Å². The van der Waals surface area contributed by atoms with Crippen molar-refractivity contribution < 1.29 is 0 Å². The van der Waals surface area contributed by atoms with Crippen LogP contribution in [0.1, 0.15) is 19.5 Å². The van der Waals surface area contributed by atoms with Gasteiger partial charge in [-0.2, -0.15) is 0 Å². The Balaban J connectivity index is 0.000000686. The van der Waals surface area contributed by atoms with Crippen molar-refractivity contribution in [3.63, 3.8) is 0 Å². The first kappa shape index (κ1) is 13.5. The summed E-state index contributed by atoms with van der Waals surface area (Å²) in [5.41, 5.74) is 9.39. The summed E-state index contributed by atoms with van der Waals surface area (Å²) in [6, 6.07) is 9.58. The molecule has 17 heavy (non-hydrogen) atoms. The monoisotopic (exact) mass is 248 g/mol. The van der Waals surface area contributed by atoms with Crippen molar-refractivity contribution in [1.82, 2.24) is 4.98 Å². The van der Waals surface area contributed by atoms with Crippen LogP contribution >= 0.6 is 11.6 Å². The van der Waals surface area contributed by atoms with E-state index in [0.29, 0.717) is 10.7 Å². The summed E-state index contributed by atoms with van der Waals surface area (Å²) in [6.07, 6.45) is 1.66. The van der Waals surface area contributed by atoms with E-state index in [-0.39, 0.29) is 0 Å². The topological polar surface area (TPSA) is 38.9 Å². The Labute approximate surface area is 107 Å². The van der Waals surface area contributed by atoms with E-state index in [1.807, 2.05) is 51.1 Å². The van der Waals surface area contributed by atoms with Gasteiger partial charge < -0.3 is 5.73 Å². The molecule has 2 aromatic rings. The Hall–Kier alpha value is -1.54. The van der Waals surface area contributed by atoms with E-state index in [1.54, 1.807) is 6.20 Å². The number of rotatable bonds is 1. The summed E-state index contributed by atoms with van der Waals surface area (Å²) < 4.78 is 0. The molecule has 2 nitrogen and oxygen atoms in total.